The fraction of sp³-hybridized carbons (Fsp3) is 0.733. The average molecular weight is 296 g/mol. The van der Waals surface area contributed by atoms with E-state index >= 15 is 0 Å². The predicted octanol–water partition coefficient (Wildman–Crippen LogP) is 3.19. The lowest BCUT2D eigenvalue weighted by Gasteiger charge is -2.31. The van der Waals surface area contributed by atoms with Crippen LogP contribution in [0.3, 0.4) is 0 Å². The minimum absolute atomic E-state index is 0.294. The van der Waals surface area contributed by atoms with Gasteiger partial charge < -0.3 is 10.0 Å². The van der Waals surface area contributed by atoms with Gasteiger partial charge in [0.15, 0.2) is 0 Å². The zero-order chi connectivity index (χ0) is 14.5. The summed E-state index contributed by atoms with van der Waals surface area (Å²) in [6.45, 7) is 7.48. The first-order chi connectivity index (χ1) is 9.56. The molecular formula is C15H24N2O2S. The van der Waals surface area contributed by atoms with Crippen LogP contribution in [0, 0.1) is 13.8 Å². The summed E-state index contributed by atoms with van der Waals surface area (Å²) in [6.07, 6.45) is 4.52. The van der Waals surface area contributed by atoms with Crippen LogP contribution in [0.25, 0.3) is 0 Å². The number of carboxylic acid groups (broad SMARTS) is 1. The highest BCUT2D eigenvalue weighted by atomic mass is 32.1. The Labute approximate surface area is 124 Å². The Balaban J connectivity index is 1.81. The highest BCUT2D eigenvalue weighted by Crippen LogP contribution is 2.31. The molecule has 1 aromatic rings. The number of aromatic nitrogens is 1. The van der Waals surface area contributed by atoms with Crippen LogP contribution in [0.15, 0.2) is 0 Å². The number of carbonyl (C=O) groups is 1. The molecule has 112 valence electrons. The van der Waals surface area contributed by atoms with Gasteiger partial charge in [0, 0.05) is 23.8 Å². The van der Waals surface area contributed by atoms with E-state index in [1.807, 2.05) is 11.3 Å². The largest absolute Gasteiger partial charge is 0.481 e. The van der Waals surface area contributed by atoms with Crippen LogP contribution in [-0.2, 0) is 4.79 Å². The van der Waals surface area contributed by atoms with E-state index in [0.717, 1.165) is 32.5 Å². The van der Waals surface area contributed by atoms with Crippen molar-refractivity contribution in [1.29, 1.82) is 0 Å². The Morgan fingerprint density at radius 2 is 2.25 bits per heavy atom. The van der Waals surface area contributed by atoms with Gasteiger partial charge in [0.2, 0.25) is 0 Å². The second-order valence-corrected chi connectivity index (χ2v) is 6.92. The maximum absolute atomic E-state index is 10.5. The normalized spacial score (nSPS) is 20.2. The fourth-order valence-electron chi connectivity index (χ4n) is 2.74. The van der Waals surface area contributed by atoms with Crippen LogP contribution in [0.2, 0.25) is 0 Å². The Kier molecular flexibility index (Phi) is 5.54. The molecule has 1 saturated heterocycles. The summed E-state index contributed by atoms with van der Waals surface area (Å²) in [6, 6.07) is 0. The van der Waals surface area contributed by atoms with Crippen molar-refractivity contribution in [1.82, 2.24) is 9.88 Å². The molecule has 1 unspecified atom stereocenters. The van der Waals surface area contributed by atoms with E-state index < -0.39 is 5.97 Å². The van der Waals surface area contributed by atoms with Crippen LogP contribution in [0.5, 0.6) is 0 Å². The summed E-state index contributed by atoms with van der Waals surface area (Å²) in [4.78, 5) is 19.0. The summed E-state index contributed by atoms with van der Waals surface area (Å²) < 4.78 is 0. The lowest BCUT2D eigenvalue weighted by molar-refractivity contribution is -0.137. The van der Waals surface area contributed by atoms with Crippen molar-refractivity contribution in [3.8, 4) is 0 Å². The molecule has 0 aliphatic carbocycles. The summed E-state index contributed by atoms with van der Waals surface area (Å²) >= 11 is 1.84. The highest BCUT2D eigenvalue weighted by molar-refractivity contribution is 7.11. The minimum Gasteiger partial charge on any atom is -0.481 e. The number of thiazole rings is 1. The maximum Gasteiger partial charge on any atom is 0.303 e. The zero-order valence-electron chi connectivity index (χ0n) is 12.4. The molecule has 0 aromatic carbocycles. The third kappa shape index (κ3) is 4.28. The Bertz CT molecular complexity index is 439. The van der Waals surface area contributed by atoms with Crippen molar-refractivity contribution in [3.05, 3.63) is 15.6 Å². The SMILES string of the molecule is Cc1nc(C2CCCN(CCCCC(=O)O)C2)sc1C. The number of piperidine rings is 1. The molecule has 1 aliphatic heterocycles. The molecule has 0 radical (unpaired) electrons. The van der Waals surface area contributed by atoms with E-state index in [4.69, 9.17) is 10.1 Å². The first kappa shape index (κ1) is 15.4. The number of hydrogen-bond donors (Lipinski definition) is 1. The third-order valence-corrected chi connectivity index (χ3v) is 5.25. The third-order valence-electron chi connectivity index (χ3n) is 4.01. The van der Waals surface area contributed by atoms with Gasteiger partial charge >= 0.3 is 5.97 Å². The Morgan fingerprint density at radius 3 is 2.90 bits per heavy atom. The van der Waals surface area contributed by atoms with Crippen LogP contribution in [-0.4, -0.2) is 40.6 Å². The van der Waals surface area contributed by atoms with E-state index in [9.17, 15) is 4.79 Å². The molecule has 1 aliphatic rings. The molecule has 1 aromatic heterocycles. The second-order valence-electron chi connectivity index (χ2n) is 5.68. The van der Waals surface area contributed by atoms with Gasteiger partial charge in [-0.15, -0.1) is 11.3 Å². The lowest BCUT2D eigenvalue weighted by Crippen LogP contribution is -2.35. The van der Waals surface area contributed by atoms with Gasteiger partial charge in [-0.05, 0) is 52.6 Å². The second kappa shape index (κ2) is 7.18. The molecule has 20 heavy (non-hydrogen) atoms. The van der Waals surface area contributed by atoms with Gasteiger partial charge in [0.05, 0.1) is 10.7 Å². The maximum atomic E-state index is 10.5. The van der Waals surface area contributed by atoms with Crippen molar-refractivity contribution < 1.29 is 9.90 Å². The number of nitrogens with zero attached hydrogens (tertiary/aromatic N) is 2. The van der Waals surface area contributed by atoms with E-state index in [0.29, 0.717) is 12.3 Å². The van der Waals surface area contributed by atoms with E-state index in [1.165, 1.54) is 28.4 Å². The number of likely N-dealkylation sites (tertiary alicyclic amines) is 1. The average Bonchev–Trinajstić information content (AvgIpc) is 2.75. The van der Waals surface area contributed by atoms with Gasteiger partial charge in [-0.25, -0.2) is 4.98 Å². The van der Waals surface area contributed by atoms with Gasteiger partial charge in [-0.1, -0.05) is 0 Å². The van der Waals surface area contributed by atoms with Crippen molar-refractivity contribution in [2.75, 3.05) is 19.6 Å². The molecule has 5 heteroatoms. The fourth-order valence-corrected chi connectivity index (χ4v) is 3.79. The Hall–Kier alpha value is -0.940. The minimum atomic E-state index is -0.685. The summed E-state index contributed by atoms with van der Waals surface area (Å²) in [5.74, 6) is -0.115. The van der Waals surface area contributed by atoms with Gasteiger partial charge in [0.25, 0.3) is 0 Å². The molecule has 0 amide bonds. The van der Waals surface area contributed by atoms with Gasteiger partial charge in [-0.3, -0.25) is 4.79 Å². The van der Waals surface area contributed by atoms with Gasteiger partial charge in [0.1, 0.15) is 0 Å². The molecule has 1 fully saturated rings. The predicted molar refractivity (Wildman–Crippen MR) is 81.5 cm³/mol. The van der Waals surface area contributed by atoms with Crippen LogP contribution in [0.1, 0.15) is 53.6 Å². The first-order valence-corrected chi connectivity index (χ1v) is 8.26. The van der Waals surface area contributed by atoms with Crippen molar-refractivity contribution in [2.45, 2.75) is 51.9 Å². The van der Waals surface area contributed by atoms with E-state index in [2.05, 4.69) is 18.7 Å². The zero-order valence-corrected chi connectivity index (χ0v) is 13.2. The topological polar surface area (TPSA) is 53.4 Å². The molecule has 1 N–H and O–H groups in total. The molecule has 0 spiro atoms. The van der Waals surface area contributed by atoms with Crippen LogP contribution >= 0.6 is 11.3 Å². The van der Waals surface area contributed by atoms with Crippen molar-refractivity contribution in [3.63, 3.8) is 0 Å². The molecule has 0 saturated carbocycles. The van der Waals surface area contributed by atoms with Crippen molar-refractivity contribution in [2.24, 2.45) is 0 Å². The number of rotatable bonds is 6. The first-order valence-electron chi connectivity index (χ1n) is 7.44. The summed E-state index contributed by atoms with van der Waals surface area (Å²) in [7, 11) is 0. The van der Waals surface area contributed by atoms with Gasteiger partial charge in [-0.2, -0.15) is 0 Å². The number of aryl methyl sites for hydroxylation is 2. The standard InChI is InChI=1S/C15H24N2O2S/c1-11-12(2)20-15(16-11)13-6-5-9-17(10-13)8-4-3-7-14(18)19/h13H,3-10H2,1-2H3,(H,18,19). The Morgan fingerprint density at radius 1 is 1.45 bits per heavy atom. The summed E-state index contributed by atoms with van der Waals surface area (Å²) in [5.41, 5.74) is 1.17. The number of hydrogen-bond acceptors (Lipinski definition) is 4. The van der Waals surface area contributed by atoms with E-state index in [-0.39, 0.29) is 0 Å². The molecule has 2 rings (SSSR count). The summed E-state index contributed by atoms with van der Waals surface area (Å²) in [5, 5.41) is 9.94. The highest BCUT2D eigenvalue weighted by Gasteiger charge is 2.23. The van der Waals surface area contributed by atoms with Crippen LogP contribution < -0.4 is 0 Å². The molecule has 2 heterocycles. The van der Waals surface area contributed by atoms with Crippen LogP contribution in [0.4, 0.5) is 0 Å². The molecule has 4 nitrogen and oxygen atoms in total. The number of aliphatic carboxylic acids is 1. The monoisotopic (exact) mass is 296 g/mol. The van der Waals surface area contributed by atoms with Crippen molar-refractivity contribution >= 4 is 17.3 Å². The smallest absolute Gasteiger partial charge is 0.303 e. The number of unbranched alkanes of at least 4 members (excludes halogenated alkanes) is 1. The number of carboxylic acids is 1. The molecular weight excluding hydrogens is 272 g/mol. The quantitative estimate of drug-likeness (QED) is 0.819. The lowest BCUT2D eigenvalue weighted by atomic mass is 9.98. The van der Waals surface area contributed by atoms with E-state index in [1.54, 1.807) is 0 Å². The molecule has 0 bridgehead atoms. The molecule has 1 atom stereocenters.